The van der Waals surface area contributed by atoms with Crippen LogP contribution in [-0.4, -0.2) is 111 Å². The van der Waals surface area contributed by atoms with E-state index in [0.29, 0.717) is 5.56 Å². The summed E-state index contributed by atoms with van der Waals surface area (Å²) in [5.74, 6) is -6.62. The average molecular weight is 925 g/mol. The van der Waals surface area contributed by atoms with E-state index >= 15 is 4.79 Å². The zero-order valence-electron chi connectivity index (χ0n) is 34.6. The van der Waals surface area contributed by atoms with E-state index in [9.17, 15) is 34.2 Å². The van der Waals surface area contributed by atoms with Crippen molar-refractivity contribution in [2.45, 2.75) is 112 Å². The van der Waals surface area contributed by atoms with Gasteiger partial charge in [-0.3, -0.25) is 14.4 Å². The lowest BCUT2D eigenvalue weighted by molar-refractivity contribution is -0.346. The van der Waals surface area contributed by atoms with Gasteiger partial charge in [-0.2, -0.15) is 0 Å². The minimum atomic E-state index is -2.46. The molecule has 4 aliphatic rings. The average Bonchev–Trinajstić information content (AvgIpc) is 3.20. The molecule has 0 unspecified atom stereocenters. The fourth-order valence-corrected chi connectivity index (χ4v) is 9.84. The molecule has 11 atom stereocenters. The molecule has 1 heterocycles. The molecular formula is C43H48Cl3NO15. The van der Waals surface area contributed by atoms with E-state index in [0.717, 1.165) is 13.8 Å². The van der Waals surface area contributed by atoms with Gasteiger partial charge in [0.1, 0.15) is 36.6 Å². The first-order valence-electron chi connectivity index (χ1n) is 19.7. The number of hydrogen-bond acceptors (Lipinski definition) is 16. The van der Waals surface area contributed by atoms with Gasteiger partial charge in [-0.05, 0) is 42.7 Å². The van der Waals surface area contributed by atoms with Crippen LogP contribution in [-0.2, 0) is 52.3 Å². The Morgan fingerprint density at radius 3 is 2.08 bits per heavy atom. The van der Waals surface area contributed by atoms with Crippen molar-refractivity contribution in [3.05, 3.63) is 82.9 Å². The summed E-state index contributed by atoms with van der Waals surface area (Å²) in [6.07, 6.45) is -12.3. The Labute approximate surface area is 372 Å². The number of fused-ring (bicyclic) bond motifs is 5. The first kappa shape index (κ1) is 47.2. The van der Waals surface area contributed by atoms with E-state index in [1.54, 1.807) is 48.5 Å². The number of Topliss-reactive ketones (excluding diaryl/α,β-unsaturated/α-hetero) is 1. The lowest BCUT2D eigenvalue weighted by Gasteiger charge is -2.67. The van der Waals surface area contributed by atoms with Crippen LogP contribution in [0.1, 0.15) is 76.3 Å². The lowest BCUT2D eigenvalue weighted by atomic mass is 9.44. The number of rotatable bonds is 10. The topological polar surface area (TPSA) is 234 Å². The van der Waals surface area contributed by atoms with Crippen molar-refractivity contribution in [3.8, 4) is 0 Å². The van der Waals surface area contributed by atoms with Gasteiger partial charge < -0.3 is 49.1 Å². The maximum Gasteiger partial charge on any atom is 0.508 e. The Morgan fingerprint density at radius 1 is 0.919 bits per heavy atom. The Morgan fingerprint density at radius 2 is 1.53 bits per heavy atom. The second-order valence-corrected chi connectivity index (χ2v) is 19.3. The van der Waals surface area contributed by atoms with Crippen molar-refractivity contribution in [1.82, 2.24) is 0 Å². The van der Waals surface area contributed by atoms with Crippen LogP contribution in [0.5, 0.6) is 0 Å². The highest BCUT2D eigenvalue weighted by Gasteiger charge is 2.79. The molecule has 336 valence electrons. The largest absolute Gasteiger partial charge is 0.508 e. The number of benzene rings is 2. The number of aliphatic hydroxyl groups excluding tert-OH is 1. The minimum absolute atomic E-state index is 0.0207. The number of alkyl halides is 3. The predicted octanol–water partition coefficient (Wildman–Crippen LogP) is 4.80. The minimum Gasteiger partial charge on any atom is -0.456 e. The molecule has 0 radical (unpaired) electrons. The highest BCUT2D eigenvalue weighted by Crippen LogP contribution is 2.65. The van der Waals surface area contributed by atoms with Gasteiger partial charge in [0.2, 0.25) is 3.79 Å². The molecular weight excluding hydrogens is 877 g/mol. The van der Waals surface area contributed by atoms with Gasteiger partial charge in [0.25, 0.3) is 0 Å². The summed E-state index contributed by atoms with van der Waals surface area (Å²) in [6, 6.07) is 14.7. The van der Waals surface area contributed by atoms with Gasteiger partial charge in [-0.15, -0.1) is 0 Å². The fraction of sp³-hybridized carbons (Fsp3) is 0.535. The molecule has 3 fully saturated rings. The number of ether oxygens (including phenoxy) is 7. The van der Waals surface area contributed by atoms with Crippen LogP contribution in [0.25, 0.3) is 0 Å². The van der Waals surface area contributed by atoms with Crippen molar-refractivity contribution >= 4 is 70.6 Å². The summed E-state index contributed by atoms with van der Waals surface area (Å²) in [5.41, 5.74) is -1.49. The maximum atomic E-state index is 15.9. The number of carbonyl (C=O) groups is 6. The molecule has 1 saturated heterocycles. The Balaban J connectivity index is 1.60. The molecule has 0 aromatic heterocycles. The van der Waals surface area contributed by atoms with Crippen LogP contribution in [0.2, 0.25) is 0 Å². The molecule has 2 aromatic rings. The summed E-state index contributed by atoms with van der Waals surface area (Å²) >= 11 is 17.5. The van der Waals surface area contributed by atoms with E-state index in [1.807, 2.05) is 0 Å². The highest BCUT2D eigenvalue weighted by atomic mass is 35.6. The monoisotopic (exact) mass is 923 g/mol. The van der Waals surface area contributed by atoms with E-state index in [4.69, 9.17) is 73.7 Å². The van der Waals surface area contributed by atoms with Crippen molar-refractivity contribution in [2.24, 2.45) is 22.5 Å². The van der Waals surface area contributed by atoms with Gasteiger partial charge in [-0.25, -0.2) is 14.4 Å². The van der Waals surface area contributed by atoms with E-state index < -0.39 is 130 Å². The van der Waals surface area contributed by atoms with E-state index in [1.165, 1.54) is 39.8 Å². The first-order chi connectivity index (χ1) is 28.9. The zero-order chi connectivity index (χ0) is 45.7. The summed E-state index contributed by atoms with van der Waals surface area (Å²) in [6.45, 7) is 6.88. The standard InChI is InChI=1S/C43H48Cl3NO15/c1-21-26(59-37(53)31(50)30(47)24-13-9-7-10-14-24)18-42(55)35(61-36(52)25-15-11-8-12-16-25)33-40(6,34(51)32(58-22(2)48)29(21)39(42,4)5)27(60-38(54)57-20-43(44,45)46)17-28-41(33,19-56-28)62-23(3)49/h7-16,26-28,30-33,35,50,55H,17-20,47H2,1-6H3/t26-,27-,28+,30+,31+,32+,33-,35-,40+,41-,42+/m0/s1. The Kier molecular flexibility index (Phi) is 13.2. The number of esters is 4. The number of aliphatic hydroxyl groups is 2. The van der Waals surface area contributed by atoms with Gasteiger partial charge in [0.05, 0.1) is 29.5 Å². The Bertz CT molecular complexity index is 2130. The lowest BCUT2D eigenvalue weighted by Crippen LogP contribution is -2.82. The summed E-state index contributed by atoms with van der Waals surface area (Å²) < 4.78 is 39.2. The number of halogens is 3. The third-order valence-electron chi connectivity index (χ3n) is 12.8. The highest BCUT2D eigenvalue weighted by molar-refractivity contribution is 6.67. The quantitative estimate of drug-likeness (QED) is 0.126. The molecule has 3 aliphatic carbocycles. The molecule has 0 spiro atoms. The van der Waals surface area contributed by atoms with Crippen LogP contribution in [0, 0.1) is 16.7 Å². The maximum absolute atomic E-state index is 15.9. The van der Waals surface area contributed by atoms with E-state index in [2.05, 4.69) is 0 Å². The second-order valence-electron chi connectivity index (χ2n) is 16.8. The molecule has 2 saturated carbocycles. The molecule has 6 rings (SSSR count). The molecule has 1 aliphatic heterocycles. The molecule has 4 N–H and O–H groups in total. The van der Waals surface area contributed by atoms with Crippen molar-refractivity contribution in [2.75, 3.05) is 13.2 Å². The first-order valence-corrected chi connectivity index (χ1v) is 20.8. The second kappa shape index (κ2) is 17.4. The van der Waals surface area contributed by atoms with Crippen molar-refractivity contribution < 1.29 is 72.1 Å². The molecule has 16 nitrogen and oxygen atoms in total. The van der Waals surface area contributed by atoms with Crippen molar-refractivity contribution in [1.29, 1.82) is 0 Å². The number of ketones is 1. The van der Waals surface area contributed by atoms with Crippen LogP contribution in [0.3, 0.4) is 0 Å². The van der Waals surface area contributed by atoms with Gasteiger partial charge in [0, 0.05) is 32.1 Å². The third kappa shape index (κ3) is 8.42. The number of carbonyl (C=O) groups excluding carboxylic acids is 6. The summed E-state index contributed by atoms with van der Waals surface area (Å²) in [5, 5.41) is 24.9. The summed E-state index contributed by atoms with van der Waals surface area (Å²) in [7, 11) is 0. The molecule has 62 heavy (non-hydrogen) atoms. The third-order valence-corrected chi connectivity index (χ3v) is 13.1. The molecule has 19 heteroatoms. The SMILES string of the molecule is CC(=O)O[C@H]1C(=O)[C@]2(C)[C@@H](OC(=O)OCC(Cl)(Cl)Cl)C[C@H]3OC[C@@]3(OC(C)=O)[C@H]2[C@H](OC(=O)c2ccccc2)[C@]2(O)C[C@H](OC(=O)[C@H](O)[C@H](N)c3ccccc3)C(C)=C1C2(C)C. The van der Waals surface area contributed by atoms with Crippen molar-refractivity contribution in [3.63, 3.8) is 0 Å². The molecule has 2 aromatic carbocycles. The van der Waals surface area contributed by atoms with Crippen LogP contribution in [0.15, 0.2) is 71.8 Å². The van der Waals surface area contributed by atoms with Gasteiger partial charge in [0.15, 0.2) is 23.6 Å². The van der Waals surface area contributed by atoms with Crippen LogP contribution < -0.4 is 5.73 Å². The summed E-state index contributed by atoms with van der Waals surface area (Å²) in [4.78, 5) is 83.7. The molecule has 2 bridgehead atoms. The predicted molar refractivity (Wildman–Crippen MR) is 218 cm³/mol. The molecule has 0 amide bonds. The van der Waals surface area contributed by atoms with Crippen LogP contribution in [0.4, 0.5) is 4.79 Å². The fourth-order valence-electron chi connectivity index (χ4n) is 9.67. The Hall–Kier alpha value is -4.29. The van der Waals surface area contributed by atoms with Gasteiger partial charge >= 0.3 is 30.0 Å². The van der Waals surface area contributed by atoms with E-state index in [-0.39, 0.29) is 23.1 Å². The normalized spacial score (nSPS) is 32.2. The number of hydrogen-bond donors (Lipinski definition) is 3. The zero-order valence-corrected chi connectivity index (χ0v) is 36.9. The number of nitrogens with two attached hydrogens (primary N) is 1. The van der Waals surface area contributed by atoms with Crippen LogP contribution >= 0.6 is 34.8 Å². The van der Waals surface area contributed by atoms with Gasteiger partial charge in [-0.1, -0.05) is 97.2 Å². The smallest absolute Gasteiger partial charge is 0.456 e.